The molecule has 9 heteroatoms. The van der Waals surface area contributed by atoms with Gasteiger partial charge in [-0.25, -0.2) is 0 Å². The molecule has 5 rings (SSSR count). The first kappa shape index (κ1) is 24.4. The number of rotatable bonds is 3. The van der Waals surface area contributed by atoms with Gasteiger partial charge < -0.3 is 29.4 Å². The third-order valence-electron chi connectivity index (χ3n) is 7.04. The highest BCUT2D eigenvalue weighted by molar-refractivity contribution is 5.94. The standard InChI is InChI=1S/C28H29N3O6/c1-3-30-11-10-19(14-27(30)34)28(35)31-15-20-18-6-8-23(36-2)25(13-18)37-24-12-17(4-7-22(24)32)5-9-26(33)29-21(20)16-31/h4,6-8,10-14,20-21,32H,3,5,9,15-16H2,1-2H3,(H,29,33)/t20-,21+/m0/s1. The summed E-state index contributed by atoms with van der Waals surface area (Å²) < 4.78 is 13.1. The molecule has 0 unspecified atom stereocenters. The topological polar surface area (TPSA) is 110 Å². The first-order chi connectivity index (χ1) is 17.9. The van der Waals surface area contributed by atoms with E-state index in [9.17, 15) is 19.5 Å². The van der Waals surface area contributed by atoms with Crippen LogP contribution in [0.15, 0.2) is 59.5 Å². The average Bonchev–Trinajstić information content (AvgIpc) is 3.31. The predicted octanol–water partition coefficient (Wildman–Crippen LogP) is 3.05. The molecular formula is C28H29N3O6. The summed E-state index contributed by atoms with van der Waals surface area (Å²) in [6.07, 6.45) is 2.33. The number of nitrogens with one attached hydrogen (secondary N) is 1. The number of phenolic OH excluding ortho intramolecular Hbond substituents is 1. The number of hydrogen-bond donors (Lipinski definition) is 2. The van der Waals surface area contributed by atoms with Crippen molar-refractivity contribution in [2.24, 2.45) is 0 Å². The molecule has 1 saturated heterocycles. The summed E-state index contributed by atoms with van der Waals surface area (Å²) in [5, 5.41) is 13.5. The highest BCUT2D eigenvalue weighted by atomic mass is 16.5. The molecule has 2 atom stereocenters. The third-order valence-corrected chi connectivity index (χ3v) is 7.04. The van der Waals surface area contributed by atoms with Crippen LogP contribution in [0.2, 0.25) is 0 Å². The van der Waals surface area contributed by atoms with E-state index in [1.807, 2.05) is 19.1 Å². The maximum Gasteiger partial charge on any atom is 0.254 e. The van der Waals surface area contributed by atoms with Crippen molar-refractivity contribution in [3.8, 4) is 23.0 Å². The van der Waals surface area contributed by atoms with Gasteiger partial charge in [-0.3, -0.25) is 14.4 Å². The third kappa shape index (κ3) is 4.89. The van der Waals surface area contributed by atoms with Crippen molar-refractivity contribution in [1.29, 1.82) is 0 Å². The Labute approximate surface area is 214 Å². The minimum Gasteiger partial charge on any atom is -0.504 e. The Balaban J connectivity index is 1.51. The van der Waals surface area contributed by atoms with Crippen LogP contribution in [0.25, 0.3) is 0 Å². The van der Waals surface area contributed by atoms with Crippen LogP contribution < -0.4 is 20.3 Å². The molecule has 2 aliphatic rings. The number of amides is 2. The Morgan fingerprint density at radius 2 is 1.92 bits per heavy atom. The number of hydrogen-bond acceptors (Lipinski definition) is 6. The number of methoxy groups -OCH3 is 1. The van der Waals surface area contributed by atoms with Gasteiger partial charge in [0, 0.05) is 49.8 Å². The number of aromatic nitrogens is 1. The van der Waals surface area contributed by atoms with Gasteiger partial charge in [0.2, 0.25) is 5.91 Å². The van der Waals surface area contributed by atoms with Crippen LogP contribution in [-0.2, 0) is 17.8 Å². The van der Waals surface area contributed by atoms with E-state index in [0.717, 1.165) is 11.1 Å². The lowest BCUT2D eigenvalue weighted by molar-refractivity contribution is -0.121. The van der Waals surface area contributed by atoms with Gasteiger partial charge >= 0.3 is 0 Å². The zero-order valence-electron chi connectivity index (χ0n) is 20.8. The number of phenols is 1. The number of aromatic hydroxyl groups is 1. The van der Waals surface area contributed by atoms with Gasteiger partial charge in [-0.15, -0.1) is 0 Å². The summed E-state index contributed by atoms with van der Waals surface area (Å²) in [4.78, 5) is 40.2. The van der Waals surface area contributed by atoms with Gasteiger partial charge in [0.05, 0.1) is 13.2 Å². The highest BCUT2D eigenvalue weighted by Gasteiger charge is 2.38. The summed E-state index contributed by atoms with van der Waals surface area (Å²) in [7, 11) is 1.54. The smallest absolute Gasteiger partial charge is 0.254 e. The van der Waals surface area contributed by atoms with E-state index < -0.39 is 0 Å². The van der Waals surface area contributed by atoms with Crippen molar-refractivity contribution in [3.05, 3.63) is 81.8 Å². The lowest BCUT2D eigenvalue weighted by Crippen LogP contribution is -2.40. The number of aryl methyl sites for hydroxylation is 2. The molecule has 0 radical (unpaired) electrons. The van der Waals surface area contributed by atoms with Crippen molar-refractivity contribution in [3.63, 3.8) is 0 Å². The first-order valence-electron chi connectivity index (χ1n) is 12.3. The van der Waals surface area contributed by atoms with Gasteiger partial charge in [-0.1, -0.05) is 12.1 Å². The molecule has 2 N–H and O–H groups in total. The predicted molar refractivity (Wildman–Crippen MR) is 136 cm³/mol. The first-order valence-corrected chi connectivity index (χ1v) is 12.3. The van der Waals surface area contributed by atoms with Crippen molar-refractivity contribution >= 4 is 11.8 Å². The summed E-state index contributed by atoms with van der Waals surface area (Å²) >= 11 is 0. The largest absolute Gasteiger partial charge is 0.504 e. The monoisotopic (exact) mass is 503 g/mol. The molecule has 0 saturated carbocycles. The van der Waals surface area contributed by atoms with E-state index >= 15 is 0 Å². The fraction of sp³-hybridized carbons (Fsp3) is 0.321. The Hall–Kier alpha value is -4.27. The van der Waals surface area contributed by atoms with Crippen LogP contribution in [0.4, 0.5) is 0 Å². The fourth-order valence-electron chi connectivity index (χ4n) is 4.99. The quantitative estimate of drug-likeness (QED) is 0.569. The second-order valence-electron chi connectivity index (χ2n) is 9.34. The van der Waals surface area contributed by atoms with Crippen LogP contribution in [0.1, 0.15) is 40.7 Å². The molecule has 2 amide bonds. The molecule has 0 aliphatic carbocycles. The van der Waals surface area contributed by atoms with E-state index in [4.69, 9.17) is 9.47 Å². The minimum atomic E-state index is -0.328. The van der Waals surface area contributed by atoms with E-state index in [1.54, 1.807) is 41.4 Å². The Kier molecular flexibility index (Phi) is 6.60. The summed E-state index contributed by atoms with van der Waals surface area (Å²) in [5.74, 6) is 0.572. The molecule has 37 heavy (non-hydrogen) atoms. The van der Waals surface area contributed by atoms with E-state index in [0.29, 0.717) is 43.1 Å². The Bertz CT molecular complexity index is 1420. The molecule has 192 valence electrons. The van der Waals surface area contributed by atoms with Gasteiger partial charge in [0.15, 0.2) is 23.0 Å². The van der Waals surface area contributed by atoms with Gasteiger partial charge in [0.1, 0.15) is 0 Å². The maximum atomic E-state index is 13.4. The molecule has 0 spiro atoms. The highest BCUT2D eigenvalue weighted by Crippen LogP contribution is 2.40. The molecule has 4 bridgehead atoms. The van der Waals surface area contributed by atoms with Crippen molar-refractivity contribution in [2.75, 3.05) is 20.2 Å². The normalized spacial score (nSPS) is 19.0. The van der Waals surface area contributed by atoms with Crippen LogP contribution in [-0.4, -0.2) is 52.6 Å². The van der Waals surface area contributed by atoms with Crippen molar-refractivity contribution in [2.45, 2.75) is 38.3 Å². The van der Waals surface area contributed by atoms with Crippen molar-refractivity contribution < 1.29 is 24.2 Å². The zero-order chi connectivity index (χ0) is 26.1. The Morgan fingerprint density at radius 1 is 1.08 bits per heavy atom. The second-order valence-corrected chi connectivity index (χ2v) is 9.34. The average molecular weight is 504 g/mol. The number of fused-ring (bicyclic) bond motifs is 6. The molecule has 1 aromatic heterocycles. The van der Waals surface area contributed by atoms with Crippen LogP contribution in [0.5, 0.6) is 23.0 Å². The number of nitrogens with zero attached hydrogens (tertiary/aromatic N) is 2. The van der Waals surface area contributed by atoms with Gasteiger partial charge in [-0.05, 0) is 54.8 Å². The fourth-order valence-corrected chi connectivity index (χ4v) is 4.99. The van der Waals surface area contributed by atoms with E-state index in [-0.39, 0.29) is 47.3 Å². The summed E-state index contributed by atoms with van der Waals surface area (Å²) in [6.45, 7) is 3.05. The number of pyridine rings is 1. The molecule has 2 aliphatic heterocycles. The molecule has 2 aromatic carbocycles. The summed E-state index contributed by atoms with van der Waals surface area (Å²) in [6, 6.07) is 13.2. The molecular weight excluding hydrogens is 474 g/mol. The molecule has 3 heterocycles. The number of benzene rings is 2. The van der Waals surface area contributed by atoms with E-state index in [1.165, 1.54) is 17.7 Å². The second kappa shape index (κ2) is 10.0. The number of carbonyl (C=O) groups is 2. The van der Waals surface area contributed by atoms with E-state index in [2.05, 4.69) is 5.32 Å². The number of likely N-dealkylation sites (tertiary alicyclic amines) is 1. The maximum absolute atomic E-state index is 13.4. The SMILES string of the molecule is CCn1ccc(C(=O)N2C[C@H]3NC(=O)CCc4ccc(O)c(c4)Oc4cc(ccc4OC)[C@@H]3C2)cc1=O. The van der Waals surface area contributed by atoms with Crippen LogP contribution >= 0.6 is 0 Å². The molecule has 3 aromatic rings. The Morgan fingerprint density at radius 3 is 2.68 bits per heavy atom. The van der Waals surface area contributed by atoms with Gasteiger partial charge in [0.25, 0.3) is 11.5 Å². The minimum absolute atomic E-state index is 0.0176. The lowest BCUT2D eigenvalue weighted by atomic mass is 9.93. The molecule has 1 fully saturated rings. The molecule has 9 nitrogen and oxygen atoms in total. The number of carbonyl (C=O) groups excluding carboxylic acids is 2. The lowest BCUT2D eigenvalue weighted by Gasteiger charge is -2.21. The van der Waals surface area contributed by atoms with Crippen molar-refractivity contribution in [1.82, 2.24) is 14.8 Å². The van der Waals surface area contributed by atoms with Crippen LogP contribution in [0, 0.1) is 0 Å². The van der Waals surface area contributed by atoms with Gasteiger partial charge in [-0.2, -0.15) is 0 Å². The number of ether oxygens (including phenoxy) is 2. The summed E-state index contributed by atoms with van der Waals surface area (Å²) in [5.41, 5.74) is 1.79. The van der Waals surface area contributed by atoms with Crippen LogP contribution in [0.3, 0.4) is 0 Å². The zero-order valence-corrected chi connectivity index (χ0v) is 20.8.